The lowest BCUT2D eigenvalue weighted by molar-refractivity contribution is -0.152. The molecule has 7 nitrogen and oxygen atoms in total. The minimum absolute atomic E-state index is 0.0665. The van der Waals surface area contributed by atoms with Gasteiger partial charge in [-0.05, 0) is 38.3 Å². The predicted molar refractivity (Wildman–Crippen MR) is 105 cm³/mol. The maximum absolute atomic E-state index is 12.7. The van der Waals surface area contributed by atoms with Gasteiger partial charge in [-0.1, -0.05) is 30.3 Å². The molecule has 2 heterocycles. The van der Waals surface area contributed by atoms with E-state index in [1.54, 1.807) is 24.8 Å². The van der Waals surface area contributed by atoms with E-state index in [4.69, 9.17) is 13.9 Å². The molecule has 1 atom stereocenters. The van der Waals surface area contributed by atoms with Crippen LogP contribution in [0.1, 0.15) is 37.2 Å². The van der Waals surface area contributed by atoms with Gasteiger partial charge in [-0.2, -0.15) is 0 Å². The number of carbonyl (C=O) groups is 3. The first-order valence-electron chi connectivity index (χ1n) is 9.80. The van der Waals surface area contributed by atoms with Gasteiger partial charge < -0.3 is 18.8 Å². The van der Waals surface area contributed by atoms with E-state index in [-0.39, 0.29) is 23.6 Å². The SMILES string of the molecule is CCOC(=O)C1CCN(C(=O)C(C)OC(=O)c2occc2-c2ccccc2)CC1. The number of benzene rings is 1. The quantitative estimate of drug-likeness (QED) is 0.693. The zero-order valence-electron chi connectivity index (χ0n) is 16.6. The molecule has 1 saturated heterocycles. The van der Waals surface area contributed by atoms with E-state index in [1.165, 1.54) is 6.26 Å². The van der Waals surface area contributed by atoms with Gasteiger partial charge in [0.05, 0.1) is 18.8 Å². The Bertz CT molecular complexity index is 851. The lowest BCUT2D eigenvalue weighted by Crippen LogP contribution is -2.45. The molecule has 1 aromatic heterocycles. The van der Waals surface area contributed by atoms with E-state index in [0.717, 1.165) is 5.56 Å². The lowest BCUT2D eigenvalue weighted by Gasteiger charge is -2.32. The topological polar surface area (TPSA) is 86.0 Å². The normalized spacial score (nSPS) is 15.6. The fourth-order valence-corrected chi connectivity index (χ4v) is 3.43. The van der Waals surface area contributed by atoms with Gasteiger partial charge in [0.1, 0.15) is 0 Å². The summed E-state index contributed by atoms with van der Waals surface area (Å²) >= 11 is 0. The van der Waals surface area contributed by atoms with E-state index in [1.807, 2.05) is 30.3 Å². The largest absolute Gasteiger partial charge is 0.466 e. The lowest BCUT2D eigenvalue weighted by atomic mass is 9.97. The van der Waals surface area contributed by atoms with E-state index in [9.17, 15) is 14.4 Å². The molecule has 1 aliphatic heterocycles. The third kappa shape index (κ3) is 4.85. The van der Waals surface area contributed by atoms with Crippen molar-refractivity contribution in [3.8, 4) is 11.1 Å². The molecule has 0 aliphatic carbocycles. The average molecular weight is 399 g/mol. The van der Waals surface area contributed by atoms with Crippen molar-refractivity contribution in [3.05, 3.63) is 48.4 Å². The highest BCUT2D eigenvalue weighted by molar-refractivity contribution is 5.96. The molecular weight excluding hydrogens is 374 g/mol. The van der Waals surface area contributed by atoms with Gasteiger partial charge in [0.25, 0.3) is 5.91 Å². The molecular formula is C22H25NO6. The number of furan rings is 1. The van der Waals surface area contributed by atoms with Crippen molar-refractivity contribution in [2.24, 2.45) is 5.92 Å². The Morgan fingerprint density at radius 1 is 1.14 bits per heavy atom. The van der Waals surface area contributed by atoms with Crippen molar-refractivity contribution in [2.45, 2.75) is 32.8 Å². The summed E-state index contributed by atoms with van der Waals surface area (Å²) in [6, 6.07) is 11.0. The first kappa shape index (κ1) is 20.6. The number of nitrogens with zero attached hydrogens (tertiary/aromatic N) is 1. The van der Waals surface area contributed by atoms with Crippen molar-refractivity contribution in [1.82, 2.24) is 4.90 Å². The van der Waals surface area contributed by atoms with Crippen LogP contribution in [0.5, 0.6) is 0 Å². The molecule has 0 N–H and O–H groups in total. The molecule has 0 saturated carbocycles. The van der Waals surface area contributed by atoms with Crippen molar-refractivity contribution >= 4 is 17.8 Å². The number of ether oxygens (including phenoxy) is 2. The number of likely N-dealkylation sites (tertiary alicyclic amines) is 1. The molecule has 7 heteroatoms. The van der Waals surface area contributed by atoms with Gasteiger partial charge in [0, 0.05) is 18.7 Å². The van der Waals surface area contributed by atoms with Crippen molar-refractivity contribution in [3.63, 3.8) is 0 Å². The van der Waals surface area contributed by atoms with Crippen LogP contribution < -0.4 is 0 Å². The van der Waals surface area contributed by atoms with Crippen LogP contribution >= 0.6 is 0 Å². The maximum Gasteiger partial charge on any atom is 0.375 e. The third-order valence-electron chi connectivity index (χ3n) is 4.99. The molecule has 154 valence electrons. The first-order chi connectivity index (χ1) is 14.0. The number of amides is 1. The minimum Gasteiger partial charge on any atom is -0.466 e. The van der Waals surface area contributed by atoms with Crippen LogP contribution in [0.4, 0.5) is 0 Å². The van der Waals surface area contributed by atoms with Crippen LogP contribution in [0.15, 0.2) is 47.1 Å². The summed E-state index contributed by atoms with van der Waals surface area (Å²) in [5.41, 5.74) is 1.44. The summed E-state index contributed by atoms with van der Waals surface area (Å²) in [6.45, 7) is 4.53. The van der Waals surface area contributed by atoms with Gasteiger partial charge in [0.15, 0.2) is 6.10 Å². The van der Waals surface area contributed by atoms with Crippen molar-refractivity contribution in [1.29, 1.82) is 0 Å². The maximum atomic E-state index is 12.7. The molecule has 29 heavy (non-hydrogen) atoms. The number of hydrogen-bond acceptors (Lipinski definition) is 6. The van der Waals surface area contributed by atoms with Gasteiger partial charge >= 0.3 is 11.9 Å². The molecule has 1 fully saturated rings. The van der Waals surface area contributed by atoms with Crippen molar-refractivity contribution < 1.29 is 28.3 Å². The molecule has 0 spiro atoms. The van der Waals surface area contributed by atoms with E-state index >= 15 is 0 Å². The van der Waals surface area contributed by atoms with Crippen LogP contribution in [0.3, 0.4) is 0 Å². The Morgan fingerprint density at radius 3 is 2.48 bits per heavy atom. The summed E-state index contributed by atoms with van der Waals surface area (Å²) in [6.07, 6.45) is 1.56. The fourth-order valence-electron chi connectivity index (χ4n) is 3.43. The van der Waals surface area contributed by atoms with Crippen LogP contribution in [0, 0.1) is 5.92 Å². The second-order valence-electron chi connectivity index (χ2n) is 6.93. The van der Waals surface area contributed by atoms with E-state index < -0.39 is 12.1 Å². The summed E-state index contributed by atoms with van der Waals surface area (Å²) in [7, 11) is 0. The predicted octanol–water partition coefficient (Wildman–Crippen LogP) is 3.29. The molecule has 1 aliphatic rings. The van der Waals surface area contributed by atoms with Crippen LogP contribution in [0.25, 0.3) is 11.1 Å². The highest BCUT2D eigenvalue weighted by Gasteiger charge is 2.32. The van der Waals surface area contributed by atoms with Crippen molar-refractivity contribution in [2.75, 3.05) is 19.7 Å². The number of esters is 2. The molecule has 1 unspecified atom stereocenters. The molecule has 3 rings (SSSR count). The van der Waals surface area contributed by atoms with Crippen LogP contribution in [-0.4, -0.2) is 48.5 Å². The molecule has 2 aromatic rings. The second kappa shape index (κ2) is 9.41. The third-order valence-corrected chi connectivity index (χ3v) is 4.99. The molecule has 0 radical (unpaired) electrons. The highest BCUT2D eigenvalue weighted by Crippen LogP contribution is 2.26. The summed E-state index contributed by atoms with van der Waals surface area (Å²) < 4.78 is 15.7. The zero-order chi connectivity index (χ0) is 20.8. The van der Waals surface area contributed by atoms with Crippen LogP contribution in [-0.2, 0) is 19.1 Å². The molecule has 0 bridgehead atoms. The Kier molecular flexibility index (Phi) is 6.69. The first-order valence-corrected chi connectivity index (χ1v) is 9.80. The summed E-state index contributed by atoms with van der Waals surface area (Å²) in [4.78, 5) is 38.7. The number of hydrogen-bond donors (Lipinski definition) is 0. The number of carbonyl (C=O) groups excluding carboxylic acids is 3. The van der Waals surface area contributed by atoms with Gasteiger partial charge in [-0.25, -0.2) is 4.79 Å². The van der Waals surface area contributed by atoms with Gasteiger partial charge in [-0.15, -0.1) is 0 Å². The minimum atomic E-state index is -0.949. The average Bonchev–Trinajstić information content (AvgIpc) is 3.24. The number of rotatable bonds is 6. The van der Waals surface area contributed by atoms with Gasteiger partial charge in [-0.3, -0.25) is 9.59 Å². The summed E-state index contributed by atoms with van der Waals surface area (Å²) in [5.74, 6) is -1.31. The summed E-state index contributed by atoms with van der Waals surface area (Å²) in [5, 5.41) is 0. The Morgan fingerprint density at radius 2 is 1.83 bits per heavy atom. The monoisotopic (exact) mass is 399 g/mol. The molecule has 1 amide bonds. The smallest absolute Gasteiger partial charge is 0.375 e. The molecule has 1 aromatic carbocycles. The number of piperidine rings is 1. The van der Waals surface area contributed by atoms with E-state index in [2.05, 4.69) is 0 Å². The zero-order valence-corrected chi connectivity index (χ0v) is 16.6. The van der Waals surface area contributed by atoms with Crippen LogP contribution in [0.2, 0.25) is 0 Å². The van der Waals surface area contributed by atoms with E-state index in [0.29, 0.717) is 38.1 Å². The standard InChI is InChI=1S/C22H25NO6/c1-3-27-21(25)17-9-12-23(13-10-17)20(24)15(2)29-22(26)19-18(11-14-28-19)16-7-5-4-6-8-16/h4-8,11,14-15,17H,3,9-10,12-13H2,1-2H3. The Balaban J connectivity index is 1.58. The Labute approximate surface area is 169 Å². The highest BCUT2D eigenvalue weighted by atomic mass is 16.6. The van der Waals surface area contributed by atoms with Gasteiger partial charge in [0.2, 0.25) is 5.76 Å². The fraction of sp³-hybridized carbons (Fsp3) is 0.409. The second-order valence-corrected chi connectivity index (χ2v) is 6.93. The Hall–Kier alpha value is -3.09.